The molecule has 0 aliphatic carbocycles. The number of nitrogens with one attached hydrogen (secondary N) is 1. The van der Waals surface area contributed by atoms with Crippen LogP contribution in [0.4, 0.5) is 0 Å². The van der Waals surface area contributed by atoms with Gasteiger partial charge >= 0.3 is 0 Å². The molecule has 100 valence electrons. The van der Waals surface area contributed by atoms with Gasteiger partial charge in [-0.3, -0.25) is 0 Å². The highest BCUT2D eigenvalue weighted by atomic mass is 35.5. The van der Waals surface area contributed by atoms with Crippen LogP contribution in [0.1, 0.15) is 29.2 Å². The van der Waals surface area contributed by atoms with E-state index in [0.29, 0.717) is 0 Å². The van der Waals surface area contributed by atoms with Gasteiger partial charge in [-0.1, -0.05) is 54.9 Å². The first kappa shape index (κ1) is 14.1. The van der Waals surface area contributed by atoms with Crippen molar-refractivity contribution in [1.29, 1.82) is 0 Å². The number of hydrogen-bond acceptors (Lipinski definition) is 1. The normalized spacial score (nSPS) is 10.7. The molecule has 0 atom stereocenters. The van der Waals surface area contributed by atoms with Gasteiger partial charge in [-0.15, -0.1) is 0 Å². The summed E-state index contributed by atoms with van der Waals surface area (Å²) in [5.41, 5.74) is 5.05. The average molecular weight is 274 g/mol. The molecule has 2 heteroatoms. The first-order chi connectivity index (χ1) is 9.19. The summed E-state index contributed by atoms with van der Waals surface area (Å²) >= 11 is 6.12. The lowest BCUT2D eigenvalue weighted by atomic mass is 10.1. The van der Waals surface area contributed by atoms with E-state index in [0.717, 1.165) is 30.1 Å². The molecule has 0 aliphatic heterocycles. The molecule has 1 nitrogen and oxygen atoms in total. The minimum absolute atomic E-state index is 0.839. The van der Waals surface area contributed by atoms with E-state index in [1.54, 1.807) is 0 Å². The van der Waals surface area contributed by atoms with Gasteiger partial charge in [-0.2, -0.15) is 0 Å². The second kappa shape index (κ2) is 6.74. The predicted molar refractivity (Wildman–Crippen MR) is 82.6 cm³/mol. The van der Waals surface area contributed by atoms with E-state index < -0.39 is 0 Å². The second-order valence-corrected chi connectivity index (χ2v) is 5.26. The first-order valence-electron chi connectivity index (χ1n) is 6.72. The van der Waals surface area contributed by atoms with Crippen LogP contribution in [-0.2, 0) is 19.5 Å². The molecule has 19 heavy (non-hydrogen) atoms. The lowest BCUT2D eigenvalue weighted by Gasteiger charge is -2.07. The van der Waals surface area contributed by atoms with Crippen molar-refractivity contribution in [2.75, 3.05) is 0 Å². The quantitative estimate of drug-likeness (QED) is 0.846. The Morgan fingerprint density at radius 1 is 0.895 bits per heavy atom. The van der Waals surface area contributed by atoms with Gasteiger partial charge in [0, 0.05) is 18.1 Å². The lowest BCUT2D eigenvalue weighted by molar-refractivity contribution is 0.693. The van der Waals surface area contributed by atoms with Crippen LogP contribution in [0.25, 0.3) is 0 Å². The predicted octanol–water partition coefficient (Wildman–Crippen LogP) is 4.50. The molecule has 0 amide bonds. The summed E-state index contributed by atoms with van der Waals surface area (Å²) in [4.78, 5) is 0. The fourth-order valence-electron chi connectivity index (χ4n) is 1.99. The van der Waals surface area contributed by atoms with Crippen molar-refractivity contribution < 1.29 is 0 Å². The summed E-state index contributed by atoms with van der Waals surface area (Å²) < 4.78 is 0. The van der Waals surface area contributed by atoms with Crippen LogP contribution < -0.4 is 5.32 Å². The molecule has 0 bridgehead atoms. The summed E-state index contributed by atoms with van der Waals surface area (Å²) in [7, 11) is 0. The molecule has 0 aromatic heterocycles. The SMILES string of the molecule is CCc1ccc(CNCc2ccc(C)c(Cl)c2)cc1. The highest BCUT2D eigenvalue weighted by molar-refractivity contribution is 6.31. The summed E-state index contributed by atoms with van der Waals surface area (Å²) in [6.45, 7) is 5.92. The van der Waals surface area contributed by atoms with Crippen LogP contribution >= 0.6 is 11.6 Å². The zero-order valence-electron chi connectivity index (χ0n) is 11.5. The third kappa shape index (κ3) is 4.09. The molecule has 0 aliphatic rings. The van der Waals surface area contributed by atoms with Crippen LogP contribution in [0.15, 0.2) is 42.5 Å². The Hall–Kier alpha value is -1.31. The van der Waals surface area contributed by atoms with E-state index in [1.807, 2.05) is 13.0 Å². The zero-order chi connectivity index (χ0) is 13.7. The topological polar surface area (TPSA) is 12.0 Å². The standard InChI is InChI=1S/C17H20ClN/c1-3-14-6-8-15(9-7-14)11-19-12-16-5-4-13(2)17(18)10-16/h4-10,19H,3,11-12H2,1-2H3. The summed E-state index contributed by atoms with van der Waals surface area (Å²) in [6, 6.07) is 15.0. The third-order valence-electron chi connectivity index (χ3n) is 3.33. The molecular weight excluding hydrogens is 254 g/mol. The highest BCUT2D eigenvalue weighted by Crippen LogP contribution is 2.16. The van der Waals surface area contributed by atoms with Crippen LogP contribution in [0.3, 0.4) is 0 Å². The van der Waals surface area contributed by atoms with Crippen molar-refractivity contribution in [3.8, 4) is 0 Å². The van der Waals surface area contributed by atoms with Gasteiger partial charge in [0.05, 0.1) is 0 Å². The van der Waals surface area contributed by atoms with Crippen molar-refractivity contribution >= 4 is 11.6 Å². The molecule has 0 fully saturated rings. The largest absolute Gasteiger partial charge is 0.309 e. The molecule has 0 heterocycles. The van der Waals surface area contributed by atoms with Gasteiger partial charge < -0.3 is 5.32 Å². The van der Waals surface area contributed by atoms with Gasteiger partial charge in [0.15, 0.2) is 0 Å². The smallest absolute Gasteiger partial charge is 0.0438 e. The van der Waals surface area contributed by atoms with E-state index in [1.165, 1.54) is 16.7 Å². The number of benzene rings is 2. The molecule has 1 N–H and O–H groups in total. The second-order valence-electron chi connectivity index (χ2n) is 4.86. The van der Waals surface area contributed by atoms with Crippen LogP contribution in [0.2, 0.25) is 5.02 Å². The lowest BCUT2D eigenvalue weighted by Crippen LogP contribution is -2.12. The Morgan fingerprint density at radius 3 is 2.11 bits per heavy atom. The number of aryl methyl sites for hydroxylation is 2. The van der Waals surface area contributed by atoms with E-state index in [4.69, 9.17) is 11.6 Å². The first-order valence-corrected chi connectivity index (χ1v) is 7.10. The average Bonchev–Trinajstić information content (AvgIpc) is 2.43. The molecule has 0 radical (unpaired) electrons. The van der Waals surface area contributed by atoms with E-state index in [9.17, 15) is 0 Å². The number of halogens is 1. The molecular formula is C17H20ClN. The molecule has 2 aromatic carbocycles. The summed E-state index contributed by atoms with van der Waals surface area (Å²) in [5, 5.41) is 4.28. The van der Waals surface area contributed by atoms with Crippen molar-refractivity contribution in [1.82, 2.24) is 5.32 Å². The van der Waals surface area contributed by atoms with Gasteiger partial charge in [0.25, 0.3) is 0 Å². The van der Waals surface area contributed by atoms with Gasteiger partial charge in [0.1, 0.15) is 0 Å². The van der Waals surface area contributed by atoms with E-state index in [-0.39, 0.29) is 0 Å². The molecule has 0 saturated carbocycles. The fourth-order valence-corrected chi connectivity index (χ4v) is 2.19. The minimum atomic E-state index is 0.839. The summed E-state index contributed by atoms with van der Waals surface area (Å²) in [5.74, 6) is 0. The van der Waals surface area contributed by atoms with Crippen molar-refractivity contribution in [3.63, 3.8) is 0 Å². The van der Waals surface area contributed by atoms with Crippen LogP contribution in [0, 0.1) is 6.92 Å². The van der Waals surface area contributed by atoms with E-state index in [2.05, 4.69) is 48.6 Å². The molecule has 0 saturated heterocycles. The Morgan fingerprint density at radius 2 is 1.47 bits per heavy atom. The van der Waals surface area contributed by atoms with Gasteiger partial charge in [-0.25, -0.2) is 0 Å². The molecule has 0 unspecified atom stereocenters. The van der Waals surface area contributed by atoms with E-state index >= 15 is 0 Å². The maximum Gasteiger partial charge on any atom is 0.0438 e. The molecule has 0 spiro atoms. The highest BCUT2D eigenvalue weighted by Gasteiger charge is 1.98. The third-order valence-corrected chi connectivity index (χ3v) is 3.73. The van der Waals surface area contributed by atoms with Crippen molar-refractivity contribution in [2.24, 2.45) is 0 Å². The maximum absolute atomic E-state index is 6.12. The summed E-state index contributed by atoms with van der Waals surface area (Å²) in [6.07, 6.45) is 1.09. The number of rotatable bonds is 5. The van der Waals surface area contributed by atoms with Crippen molar-refractivity contribution in [3.05, 3.63) is 69.7 Å². The van der Waals surface area contributed by atoms with Crippen molar-refractivity contribution in [2.45, 2.75) is 33.4 Å². The molecule has 2 rings (SSSR count). The maximum atomic E-state index is 6.12. The Balaban J connectivity index is 1.86. The number of hydrogen-bond donors (Lipinski definition) is 1. The molecule has 2 aromatic rings. The minimum Gasteiger partial charge on any atom is -0.309 e. The monoisotopic (exact) mass is 273 g/mol. The Labute approximate surface area is 120 Å². The fraction of sp³-hybridized carbons (Fsp3) is 0.294. The van der Waals surface area contributed by atoms with Gasteiger partial charge in [0.2, 0.25) is 0 Å². The zero-order valence-corrected chi connectivity index (χ0v) is 12.3. The Bertz CT molecular complexity index is 531. The van der Waals surface area contributed by atoms with Crippen LogP contribution in [0.5, 0.6) is 0 Å². The van der Waals surface area contributed by atoms with Crippen LogP contribution in [-0.4, -0.2) is 0 Å². The van der Waals surface area contributed by atoms with Gasteiger partial charge in [-0.05, 0) is 41.7 Å². The Kier molecular flexibility index (Phi) is 5.00.